The van der Waals surface area contributed by atoms with E-state index in [9.17, 15) is 0 Å². The van der Waals surface area contributed by atoms with Gasteiger partial charge in [-0.05, 0) is 16.7 Å². The highest BCUT2D eigenvalue weighted by molar-refractivity contribution is 5.73. The number of anilines is 1. The van der Waals surface area contributed by atoms with E-state index in [4.69, 9.17) is 5.73 Å². The third-order valence-electron chi connectivity index (χ3n) is 5.25. The summed E-state index contributed by atoms with van der Waals surface area (Å²) in [4.78, 5) is 13.2. The number of hydrogen-bond acceptors (Lipinski definition) is 4. The van der Waals surface area contributed by atoms with Gasteiger partial charge in [-0.3, -0.25) is 4.57 Å². The third-order valence-corrected chi connectivity index (χ3v) is 5.25. The van der Waals surface area contributed by atoms with Gasteiger partial charge in [0.05, 0.1) is 12.5 Å². The molecular weight excluding hydrogens is 358 g/mol. The van der Waals surface area contributed by atoms with E-state index >= 15 is 0 Å². The van der Waals surface area contributed by atoms with Gasteiger partial charge in [0, 0.05) is 0 Å². The van der Waals surface area contributed by atoms with Crippen molar-refractivity contribution in [1.82, 2.24) is 19.5 Å². The molecule has 0 saturated heterocycles. The van der Waals surface area contributed by atoms with Crippen LogP contribution < -0.4 is 5.73 Å². The Morgan fingerprint density at radius 3 is 1.62 bits per heavy atom. The Hall–Kier alpha value is -3.99. The molecule has 0 fully saturated rings. The predicted octanol–water partition coefficient (Wildman–Crippen LogP) is 4.25. The van der Waals surface area contributed by atoms with Gasteiger partial charge >= 0.3 is 0 Å². The average molecular weight is 377 g/mol. The lowest BCUT2D eigenvalue weighted by Gasteiger charge is -2.37. The Labute approximate surface area is 168 Å². The van der Waals surface area contributed by atoms with Gasteiger partial charge in [-0.2, -0.15) is 4.98 Å². The van der Waals surface area contributed by atoms with Crippen molar-refractivity contribution < 1.29 is 0 Å². The molecule has 0 radical (unpaired) electrons. The summed E-state index contributed by atoms with van der Waals surface area (Å²) in [5, 5.41) is 0. The van der Waals surface area contributed by atoms with Gasteiger partial charge in [0.2, 0.25) is 5.95 Å². The summed E-state index contributed by atoms with van der Waals surface area (Å²) in [6.07, 6.45) is 3.49. The zero-order valence-electron chi connectivity index (χ0n) is 15.7. The lowest BCUT2D eigenvalue weighted by atomic mass is 9.76. The quantitative estimate of drug-likeness (QED) is 0.476. The smallest absolute Gasteiger partial charge is 0.222 e. The number of hydrogen-bond donors (Lipinski definition) is 1. The van der Waals surface area contributed by atoms with E-state index in [0.717, 1.165) is 16.7 Å². The fourth-order valence-electron chi connectivity index (χ4n) is 4.02. The van der Waals surface area contributed by atoms with Crippen LogP contribution in [0.1, 0.15) is 16.7 Å². The number of aromatic nitrogens is 4. The summed E-state index contributed by atoms with van der Waals surface area (Å²) in [5.74, 6) is 0.224. The standard InChI is InChI=1S/C24H19N5/c25-23-26-16-21-22(28-23)29(17-27-21)24(18-10-4-1-5-11-18,19-12-6-2-7-13-19)20-14-8-3-9-15-20/h1-17H,(H2,25,26,28). The number of benzene rings is 3. The molecule has 5 aromatic rings. The van der Waals surface area contributed by atoms with Crippen molar-refractivity contribution in [1.29, 1.82) is 0 Å². The highest BCUT2D eigenvalue weighted by Gasteiger charge is 2.39. The molecule has 0 aliphatic heterocycles. The van der Waals surface area contributed by atoms with E-state index in [1.807, 2.05) is 24.5 Å². The van der Waals surface area contributed by atoms with Crippen LogP contribution in [0.5, 0.6) is 0 Å². The Bertz CT molecular complexity index is 1150. The van der Waals surface area contributed by atoms with Crippen LogP contribution in [-0.2, 0) is 5.54 Å². The monoisotopic (exact) mass is 377 g/mol. The molecule has 0 aliphatic rings. The fourth-order valence-corrected chi connectivity index (χ4v) is 4.02. The Morgan fingerprint density at radius 2 is 1.14 bits per heavy atom. The van der Waals surface area contributed by atoms with Crippen LogP contribution in [-0.4, -0.2) is 19.5 Å². The van der Waals surface area contributed by atoms with Gasteiger partial charge in [0.1, 0.15) is 11.1 Å². The Balaban J connectivity index is 1.97. The molecular formula is C24H19N5. The van der Waals surface area contributed by atoms with Gasteiger partial charge < -0.3 is 5.73 Å². The molecule has 5 heteroatoms. The van der Waals surface area contributed by atoms with E-state index in [1.54, 1.807) is 6.20 Å². The zero-order chi connectivity index (χ0) is 19.7. The van der Waals surface area contributed by atoms with Gasteiger partial charge in [-0.1, -0.05) is 91.0 Å². The second-order valence-corrected chi connectivity index (χ2v) is 6.86. The van der Waals surface area contributed by atoms with Crippen LogP contribution in [0.25, 0.3) is 11.2 Å². The minimum Gasteiger partial charge on any atom is -0.368 e. The number of rotatable bonds is 4. The second kappa shape index (κ2) is 6.87. The summed E-state index contributed by atoms with van der Waals surface area (Å²) < 4.78 is 2.10. The number of imidazole rings is 1. The molecule has 3 aromatic carbocycles. The number of nitrogens with two attached hydrogens (primary N) is 1. The molecule has 2 heterocycles. The maximum Gasteiger partial charge on any atom is 0.222 e. The van der Waals surface area contributed by atoms with E-state index in [-0.39, 0.29) is 5.95 Å². The minimum absolute atomic E-state index is 0.224. The largest absolute Gasteiger partial charge is 0.368 e. The average Bonchev–Trinajstić information content (AvgIpc) is 3.20. The first-order valence-electron chi connectivity index (χ1n) is 9.43. The molecule has 5 rings (SSSR count). The molecule has 140 valence electrons. The number of nitrogen functional groups attached to an aromatic ring is 1. The van der Waals surface area contributed by atoms with Crippen LogP contribution in [0.15, 0.2) is 104 Å². The molecule has 2 aromatic heterocycles. The molecule has 0 atom stereocenters. The maximum absolute atomic E-state index is 5.95. The molecule has 0 amide bonds. The van der Waals surface area contributed by atoms with Crippen LogP contribution >= 0.6 is 0 Å². The first-order chi connectivity index (χ1) is 14.3. The highest BCUT2D eigenvalue weighted by atomic mass is 15.2. The van der Waals surface area contributed by atoms with Crippen molar-refractivity contribution in [3.05, 3.63) is 120 Å². The first-order valence-corrected chi connectivity index (χ1v) is 9.43. The van der Waals surface area contributed by atoms with Gasteiger partial charge in [0.25, 0.3) is 0 Å². The van der Waals surface area contributed by atoms with E-state index in [2.05, 4.69) is 92.3 Å². The third kappa shape index (κ3) is 2.67. The predicted molar refractivity (Wildman–Crippen MR) is 114 cm³/mol. The zero-order valence-corrected chi connectivity index (χ0v) is 15.7. The maximum atomic E-state index is 5.95. The molecule has 2 N–H and O–H groups in total. The minimum atomic E-state index is -0.667. The van der Waals surface area contributed by atoms with Crippen LogP contribution in [0.4, 0.5) is 5.95 Å². The molecule has 5 nitrogen and oxygen atoms in total. The lowest BCUT2D eigenvalue weighted by molar-refractivity contribution is 0.526. The summed E-state index contributed by atoms with van der Waals surface area (Å²) >= 11 is 0. The van der Waals surface area contributed by atoms with Crippen molar-refractivity contribution >= 4 is 17.1 Å². The lowest BCUT2D eigenvalue weighted by Crippen LogP contribution is -2.37. The summed E-state index contributed by atoms with van der Waals surface area (Å²) in [6, 6.07) is 31.2. The number of fused-ring (bicyclic) bond motifs is 1. The van der Waals surface area contributed by atoms with Crippen molar-refractivity contribution in [2.45, 2.75) is 5.54 Å². The molecule has 29 heavy (non-hydrogen) atoms. The fraction of sp³-hybridized carbons (Fsp3) is 0.0417. The van der Waals surface area contributed by atoms with Gasteiger partial charge in [-0.15, -0.1) is 0 Å². The second-order valence-electron chi connectivity index (χ2n) is 6.86. The van der Waals surface area contributed by atoms with Crippen molar-refractivity contribution in [3.8, 4) is 0 Å². The summed E-state index contributed by atoms with van der Waals surface area (Å²) in [5.41, 5.74) is 9.99. The van der Waals surface area contributed by atoms with Crippen LogP contribution in [0.3, 0.4) is 0 Å². The van der Waals surface area contributed by atoms with Crippen LogP contribution in [0.2, 0.25) is 0 Å². The molecule has 0 bridgehead atoms. The Morgan fingerprint density at radius 1 is 0.655 bits per heavy atom. The van der Waals surface area contributed by atoms with E-state index in [1.165, 1.54) is 0 Å². The van der Waals surface area contributed by atoms with Gasteiger partial charge in [0.15, 0.2) is 5.65 Å². The summed E-state index contributed by atoms with van der Waals surface area (Å²) in [6.45, 7) is 0. The van der Waals surface area contributed by atoms with E-state index in [0.29, 0.717) is 11.2 Å². The van der Waals surface area contributed by atoms with Crippen molar-refractivity contribution in [3.63, 3.8) is 0 Å². The van der Waals surface area contributed by atoms with Crippen molar-refractivity contribution in [2.75, 3.05) is 5.73 Å². The molecule has 0 unspecified atom stereocenters. The van der Waals surface area contributed by atoms with Crippen LogP contribution in [0, 0.1) is 0 Å². The van der Waals surface area contributed by atoms with Crippen molar-refractivity contribution in [2.24, 2.45) is 0 Å². The Kier molecular flexibility index (Phi) is 4.06. The number of nitrogens with zero attached hydrogens (tertiary/aromatic N) is 4. The SMILES string of the molecule is Nc1ncc2ncn(C(c3ccccc3)(c3ccccc3)c3ccccc3)c2n1. The molecule has 0 aliphatic carbocycles. The normalized spacial score (nSPS) is 11.6. The topological polar surface area (TPSA) is 69.6 Å². The first kappa shape index (κ1) is 17.1. The van der Waals surface area contributed by atoms with Gasteiger partial charge in [-0.25, -0.2) is 9.97 Å². The summed E-state index contributed by atoms with van der Waals surface area (Å²) in [7, 11) is 0. The molecule has 0 saturated carbocycles. The highest BCUT2D eigenvalue weighted by Crippen LogP contribution is 2.42. The van der Waals surface area contributed by atoms with E-state index < -0.39 is 5.54 Å². The molecule has 0 spiro atoms.